The van der Waals surface area contributed by atoms with Gasteiger partial charge in [-0.25, -0.2) is 0 Å². The van der Waals surface area contributed by atoms with Gasteiger partial charge in [0.15, 0.2) is 0 Å². The van der Waals surface area contributed by atoms with Crippen LogP contribution >= 0.6 is 0 Å². The molecule has 1 aliphatic rings. The second-order valence-corrected chi connectivity index (χ2v) is 5.41. The summed E-state index contributed by atoms with van der Waals surface area (Å²) in [5, 5.41) is 15.5. The first-order valence-corrected chi connectivity index (χ1v) is 6.90. The summed E-state index contributed by atoms with van der Waals surface area (Å²) in [4.78, 5) is 22.7. The molecule has 1 aromatic rings. The highest BCUT2D eigenvalue weighted by Crippen LogP contribution is 2.34. The second-order valence-electron chi connectivity index (χ2n) is 5.41. The molecule has 1 heterocycles. The maximum atomic E-state index is 11.9. The van der Waals surface area contributed by atoms with Gasteiger partial charge in [-0.2, -0.15) is 0 Å². The van der Waals surface area contributed by atoms with E-state index in [9.17, 15) is 9.59 Å². The van der Waals surface area contributed by atoms with Gasteiger partial charge in [0.25, 0.3) is 0 Å². The molecule has 0 aliphatic heterocycles. The molecule has 1 amide bonds. The van der Waals surface area contributed by atoms with Gasteiger partial charge in [-0.15, -0.1) is 0 Å². The van der Waals surface area contributed by atoms with Gasteiger partial charge in [0.05, 0.1) is 12.1 Å². The van der Waals surface area contributed by atoms with Crippen molar-refractivity contribution in [3.63, 3.8) is 0 Å². The van der Waals surface area contributed by atoms with Crippen LogP contribution in [0.3, 0.4) is 0 Å². The van der Waals surface area contributed by atoms with Crippen LogP contribution in [0, 0.1) is 19.8 Å². The fourth-order valence-electron chi connectivity index (χ4n) is 2.40. The van der Waals surface area contributed by atoms with Crippen LogP contribution in [0.5, 0.6) is 0 Å². The van der Waals surface area contributed by atoms with Crippen molar-refractivity contribution in [2.24, 2.45) is 5.92 Å². The number of aryl methyl sites for hydroxylation is 2. The Hall–Kier alpha value is -1.85. The Morgan fingerprint density at radius 2 is 2.15 bits per heavy atom. The highest BCUT2D eigenvalue weighted by molar-refractivity contribution is 5.77. The number of carboxylic acids is 1. The minimum atomic E-state index is -0.868. The zero-order valence-electron chi connectivity index (χ0n) is 11.8. The zero-order chi connectivity index (χ0) is 14.7. The SMILES string of the molecule is Cc1noc(C)c1CCC(=O)NC(CC(=O)O)C1CC1. The van der Waals surface area contributed by atoms with E-state index >= 15 is 0 Å². The standard InChI is InChI=1S/C14H20N2O4/c1-8-11(9(2)20-16-8)5-6-13(17)15-12(7-14(18)19)10-3-4-10/h10,12H,3-7H2,1-2H3,(H,15,17)(H,18,19). The lowest BCUT2D eigenvalue weighted by molar-refractivity contribution is -0.137. The lowest BCUT2D eigenvalue weighted by Crippen LogP contribution is -2.38. The average molecular weight is 280 g/mol. The summed E-state index contributed by atoms with van der Waals surface area (Å²) in [6.07, 6.45) is 2.90. The largest absolute Gasteiger partial charge is 0.481 e. The van der Waals surface area contributed by atoms with Crippen molar-refractivity contribution in [1.82, 2.24) is 10.5 Å². The molecule has 0 saturated heterocycles. The minimum absolute atomic E-state index is 0.00171. The molecule has 1 atom stereocenters. The number of aromatic nitrogens is 1. The first-order valence-electron chi connectivity index (χ1n) is 6.90. The molecule has 1 unspecified atom stereocenters. The van der Waals surface area contributed by atoms with Crippen molar-refractivity contribution < 1.29 is 19.2 Å². The van der Waals surface area contributed by atoms with Crippen molar-refractivity contribution in [3.05, 3.63) is 17.0 Å². The number of amides is 1. The zero-order valence-corrected chi connectivity index (χ0v) is 11.8. The van der Waals surface area contributed by atoms with Crippen LogP contribution in [0.15, 0.2) is 4.52 Å². The van der Waals surface area contributed by atoms with Crippen LogP contribution in [0.1, 0.15) is 42.7 Å². The number of hydrogen-bond donors (Lipinski definition) is 2. The van der Waals surface area contributed by atoms with Gasteiger partial charge in [0.1, 0.15) is 5.76 Å². The van der Waals surface area contributed by atoms with Crippen molar-refractivity contribution in [2.75, 3.05) is 0 Å². The molecule has 20 heavy (non-hydrogen) atoms. The monoisotopic (exact) mass is 280 g/mol. The molecule has 2 N–H and O–H groups in total. The lowest BCUT2D eigenvalue weighted by atomic mass is 10.1. The third kappa shape index (κ3) is 3.82. The molecule has 0 aromatic carbocycles. The molecule has 0 spiro atoms. The van der Waals surface area contributed by atoms with E-state index < -0.39 is 5.97 Å². The number of nitrogens with zero attached hydrogens (tertiary/aromatic N) is 1. The molecule has 1 aromatic heterocycles. The van der Waals surface area contributed by atoms with Crippen LogP contribution < -0.4 is 5.32 Å². The Morgan fingerprint density at radius 1 is 1.45 bits per heavy atom. The van der Waals surface area contributed by atoms with Crippen molar-refractivity contribution in [2.45, 2.75) is 52.0 Å². The molecule has 1 saturated carbocycles. The fraction of sp³-hybridized carbons (Fsp3) is 0.643. The summed E-state index contributed by atoms with van der Waals surface area (Å²) >= 11 is 0. The molecule has 0 bridgehead atoms. The summed E-state index contributed by atoms with van der Waals surface area (Å²) in [6.45, 7) is 3.67. The molecule has 0 radical (unpaired) electrons. The first kappa shape index (κ1) is 14.6. The number of carboxylic acid groups (broad SMARTS) is 1. The summed E-state index contributed by atoms with van der Waals surface area (Å²) in [5.74, 6) is 0.0877. The quantitative estimate of drug-likeness (QED) is 0.791. The molecular formula is C14H20N2O4. The van der Waals surface area contributed by atoms with E-state index in [2.05, 4.69) is 10.5 Å². The van der Waals surface area contributed by atoms with Crippen molar-refractivity contribution in [1.29, 1.82) is 0 Å². The van der Waals surface area contributed by atoms with E-state index in [1.165, 1.54) is 0 Å². The molecule has 2 rings (SSSR count). The summed E-state index contributed by atoms with van der Waals surface area (Å²) in [5.41, 5.74) is 1.76. The molecule has 6 heteroatoms. The highest BCUT2D eigenvalue weighted by atomic mass is 16.5. The number of rotatable bonds is 7. The van der Waals surface area contributed by atoms with Crippen molar-refractivity contribution in [3.8, 4) is 0 Å². The van der Waals surface area contributed by atoms with E-state index in [4.69, 9.17) is 9.63 Å². The Morgan fingerprint density at radius 3 is 2.65 bits per heavy atom. The smallest absolute Gasteiger partial charge is 0.305 e. The Bertz CT molecular complexity index is 486. The maximum Gasteiger partial charge on any atom is 0.305 e. The highest BCUT2D eigenvalue weighted by Gasteiger charge is 2.33. The fourth-order valence-corrected chi connectivity index (χ4v) is 2.40. The molecule has 110 valence electrons. The van der Waals surface area contributed by atoms with Crippen LogP contribution in [-0.4, -0.2) is 28.2 Å². The average Bonchev–Trinajstić information content (AvgIpc) is 3.15. The number of aliphatic carboxylic acids is 1. The third-order valence-electron chi connectivity index (χ3n) is 3.72. The molecular weight excluding hydrogens is 260 g/mol. The summed E-state index contributed by atoms with van der Waals surface area (Å²) in [6, 6.07) is -0.232. The van der Waals surface area contributed by atoms with Crippen molar-refractivity contribution >= 4 is 11.9 Å². The normalized spacial score (nSPS) is 15.9. The number of carbonyl (C=O) groups excluding carboxylic acids is 1. The van der Waals surface area contributed by atoms with Gasteiger partial charge in [-0.3, -0.25) is 9.59 Å². The lowest BCUT2D eigenvalue weighted by Gasteiger charge is -2.16. The van der Waals surface area contributed by atoms with Gasteiger partial charge in [-0.1, -0.05) is 5.16 Å². The number of carbonyl (C=O) groups is 2. The van der Waals surface area contributed by atoms with Gasteiger partial charge >= 0.3 is 5.97 Å². The van der Waals surface area contributed by atoms with Gasteiger partial charge in [-0.05, 0) is 39.0 Å². The predicted molar refractivity (Wildman–Crippen MR) is 71.2 cm³/mol. The number of hydrogen-bond acceptors (Lipinski definition) is 4. The summed E-state index contributed by atoms with van der Waals surface area (Å²) < 4.78 is 5.05. The summed E-state index contributed by atoms with van der Waals surface area (Å²) in [7, 11) is 0. The first-order chi connectivity index (χ1) is 9.47. The second kappa shape index (κ2) is 6.07. The molecule has 1 aliphatic carbocycles. The van der Waals surface area contributed by atoms with E-state index in [-0.39, 0.29) is 18.4 Å². The topological polar surface area (TPSA) is 92.4 Å². The third-order valence-corrected chi connectivity index (χ3v) is 3.72. The van der Waals surface area contributed by atoms with Gasteiger partial charge < -0.3 is 14.9 Å². The van der Waals surface area contributed by atoms with E-state index in [1.807, 2.05) is 13.8 Å². The Labute approximate surface area is 117 Å². The van der Waals surface area contributed by atoms with Crippen LogP contribution in [0.2, 0.25) is 0 Å². The van der Waals surface area contributed by atoms with E-state index in [0.29, 0.717) is 18.8 Å². The Kier molecular flexibility index (Phi) is 4.42. The van der Waals surface area contributed by atoms with Crippen LogP contribution in [-0.2, 0) is 16.0 Å². The maximum absolute atomic E-state index is 11.9. The van der Waals surface area contributed by atoms with E-state index in [1.54, 1.807) is 0 Å². The molecule has 6 nitrogen and oxygen atoms in total. The Balaban J connectivity index is 1.83. The van der Waals surface area contributed by atoms with Crippen LogP contribution in [0.25, 0.3) is 0 Å². The minimum Gasteiger partial charge on any atom is -0.481 e. The molecule has 1 fully saturated rings. The van der Waals surface area contributed by atoms with Gasteiger partial charge in [0, 0.05) is 18.0 Å². The van der Waals surface area contributed by atoms with E-state index in [0.717, 1.165) is 29.9 Å². The predicted octanol–water partition coefficient (Wildman–Crippen LogP) is 1.59. The van der Waals surface area contributed by atoms with Gasteiger partial charge in [0.2, 0.25) is 5.91 Å². The van der Waals surface area contributed by atoms with Crippen LogP contribution in [0.4, 0.5) is 0 Å². The number of nitrogens with one attached hydrogen (secondary N) is 1.